The molecular weight excluding hydrogens is 292 g/mol. The highest BCUT2D eigenvalue weighted by molar-refractivity contribution is 9.10. The maximum Gasteiger partial charge on any atom is 0.240 e. The van der Waals surface area contributed by atoms with Crippen molar-refractivity contribution in [1.29, 1.82) is 0 Å². The fourth-order valence-electron chi connectivity index (χ4n) is 2.08. The summed E-state index contributed by atoms with van der Waals surface area (Å²) in [6.07, 6.45) is 2.12. The smallest absolute Gasteiger partial charge is 0.240 e. The van der Waals surface area contributed by atoms with Gasteiger partial charge in [0.25, 0.3) is 0 Å². The highest BCUT2D eigenvalue weighted by Gasteiger charge is 2.44. The number of rotatable bonds is 4. The molecule has 0 spiro atoms. The van der Waals surface area contributed by atoms with Crippen LogP contribution in [0.15, 0.2) is 28.7 Å². The van der Waals surface area contributed by atoms with Gasteiger partial charge in [0, 0.05) is 4.47 Å². The van der Waals surface area contributed by atoms with Crippen molar-refractivity contribution in [2.24, 2.45) is 11.7 Å². The summed E-state index contributed by atoms with van der Waals surface area (Å²) in [6, 6.07) is 7.91. The molecule has 0 bridgehead atoms. The Hall–Kier alpha value is -0.870. The molecule has 0 aliphatic heterocycles. The lowest BCUT2D eigenvalue weighted by molar-refractivity contribution is -0.127. The molecule has 0 heterocycles. The second kappa shape index (κ2) is 5.02. The molecule has 0 radical (unpaired) electrons. The van der Waals surface area contributed by atoms with Crippen molar-refractivity contribution in [2.45, 2.75) is 38.3 Å². The fraction of sp³-hybridized carbons (Fsp3) is 0.500. The van der Waals surface area contributed by atoms with E-state index in [9.17, 15) is 4.79 Å². The van der Waals surface area contributed by atoms with Crippen molar-refractivity contribution in [3.63, 3.8) is 0 Å². The van der Waals surface area contributed by atoms with Gasteiger partial charge in [-0.25, -0.2) is 0 Å². The van der Waals surface area contributed by atoms with Crippen molar-refractivity contribution in [3.8, 4) is 0 Å². The molecule has 1 aromatic carbocycles. The third-order valence-electron chi connectivity index (χ3n) is 3.61. The largest absolute Gasteiger partial charge is 0.348 e. The third kappa shape index (κ3) is 2.93. The molecule has 1 fully saturated rings. The molecule has 1 aromatic rings. The van der Waals surface area contributed by atoms with Crippen LogP contribution >= 0.6 is 15.9 Å². The molecule has 1 amide bonds. The summed E-state index contributed by atoms with van der Waals surface area (Å²) in [5.41, 5.74) is 6.44. The average Bonchev–Trinajstić information content (AvgIpc) is 3.12. The van der Waals surface area contributed by atoms with E-state index < -0.39 is 5.54 Å². The van der Waals surface area contributed by atoms with E-state index in [0.717, 1.165) is 22.9 Å². The second-order valence-electron chi connectivity index (χ2n) is 5.31. The number of hydrogen-bond acceptors (Lipinski definition) is 2. The number of halogens is 1. The van der Waals surface area contributed by atoms with Crippen LogP contribution in [0, 0.1) is 5.92 Å². The van der Waals surface area contributed by atoms with Crippen LogP contribution in [0.2, 0.25) is 0 Å². The van der Waals surface area contributed by atoms with Gasteiger partial charge < -0.3 is 11.1 Å². The summed E-state index contributed by atoms with van der Waals surface area (Å²) in [5, 5.41) is 3.00. The van der Waals surface area contributed by atoms with Gasteiger partial charge in [-0.2, -0.15) is 0 Å². The fourth-order valence-corrected chi connectivity index (χ4v) is 2.50. The summed E-state index contributed by atoms with van der Waals surface area (Å²) >= 11 is 3.43. The first-order valence-electron chi connectivity index (χ1n) is 6.26. The topological polar surface area (TPSA) is 55.1 Å². The number of amides is 1. The van der Waals surface area contributed by atoms with Gasteiger partial charge in [0.1, 0.15) is 0 Å². The Morgan fingerprint density at radius 2 is 2.22 bits per heavy atom. The number of nitrogens with one attached hydrogen (secondary N) is 1. The highest BCUT2D eigenvalue weighted by atomic mass is 79.9. The molecule has 2 rings (SSSR count). The molecule has 4 heteroatoms. The maximum absolute atomic E-state index is 12.2. The third-order valence-corrected chi connectivity index (χ3v) is 4.10. The van der Waals surface area contributed by atoms with Gasteiger partial charge in [-0.05, 0) is 50.3 Å². The molecule has 2 atom stereocenters. The number of nitrogens with two attached hydrogens (primary N) is 1. The second-order valence-corrected chi connectivity index (χ2v) is 6.22. The lowest BCUT2D eigenvalue weighted by Crippen LogP contribution is -2.53. The normalized spacial score (nSPS) is 20.0. The van der Waals surface area contributed by atoms with Crippen LogP contribution in [0.25, 0.3) is 0 Å². The Kier molecular flexibility index (Phi) is 3.78. The molecule has 3 nitrogen and oxygen atoms in total. The predicted molar refractivity (Wildman–Crippen MR) is 76.0 cm³/mol. The molecule has 0 aromatic heterocycles. The van der Waals surface area contributed by atoms with Crippen molar-refractivity contribution < 1.29 is 4.79 Å². The Bertz CT molecular complexity index is 455. The highest BCUT2D eigenvalue weighted by Crippen LogP contribution is 2.38. The Morgan fingerprint density at radius 1 is 1.56 bits per heavy atom. The van der Waals surface area contributed by atoms with Crippen LogP contribution in [-0.4, -0.2) is 11.4 Å². The Balaban J connectivity index is 2.03. The molecule has 3 N–H and O–H groups in total. The molecule has 1 aliphatic carbocycles. The summed E-state index contributed by atoms with van der Waals surface area (Å²) < 4.78 is 1.01. The van der Waals surface area contributed by atoms with Gasteiger partial charge in [-0.3, -0.25) is 4.79 Å². The molecule has 1 unspecified atom stereocenters. The first-order chi connectivity index (χ1) is 8.41. The van der Waals surface area contributed by atoms with Gasteiger partial charge >= 0.3 is 0 Å². The van der Waals surface area contributed by atoms with Crippen LogP contribution in [0.4, 0.5) is 0 Å². The Morgan fingerprint density at radius 3 is 2.78 bits per heavy atom. The van der Waals surface area contributed by atoms with E-state index in [1.54, 1.807) is 0 Å². The van der Waals surface area contributed by atoms with Gasteiger partial charge in [-0.1, -0.05) is 28.1 Å². The first kappa shape index (κ1) is 13.6. The van der Waals surface area contributed by atoms with E-state index in [0.29, 0.717) is 5.92 Å². The minimum absolute atomic E-state index is 0.0309. The molecule has 1 saturated carbocycles. The van der Waals surface area contributed by atoms with E-state index in [2.05, 4.69) is 21.2 Å². The van der Waals surface area contributed by atoms with E-state index in [4.69, 9.17) is 5.73 Å². The lowest BCUT2D eigenvalue weighted by atomic mass is 9.95. The van der Waals surface area contributed by atoms with Crippen molar-refractivity contribution >= 4 is 21.8 Å². The van der Waals surface area contributed by atoms with Crippen molar-refractivity contribution in [2.75, 3.05) is 0 Å². The lowest BCUT2D eigenvalue weighted by Gasteiger charge is -2.26. The Labute approximate surface area is 116 Å². The van der Waals surface area contributed by atoms with Crippen LogP contribution in [0.3, 0.4) is 0 Å². The predicted octanol–water partition coefficient (Wildman–Crippen LogP) is 2.75. The van der Waals surface area contributed by atoms with Crippen molar-refractivity contribution in [3.05, 3.63) is 34.3 Å². The van der Waals surface area contributed by atoms with Gasteiger partial charge in [-0.15, -0.1) is 0 Å². The minimum Gasteiger partial charge on any atom is -0.348 e. The van der Waals surface area contributed by atoms with E-state index in [-0.39, 0.29) is 11.9 Å². The van der Waals surface area contributed by atoms with Crippen molar-refractivity contribution in [1.82, 2.24) is 5.32 Å². The number of carbonyl (C=O) groups excluding carboxylic acids is 1. The van der Waals surface area contributed by atoms with Crippen LogP contribution in [0.1, 0.15) is 38.3 Å². The molecular formula is C14H19BrN2O. The zero-order chi connectivity index (χ0) is 13.3. The summed E-state index contributed by atoms with van der Waals surface area (Å²) in [7, 11) is 0. The number of carbonyl (C=O) groups is 1. The molecule has 98 valence electrons. The monoisotopic (exact) mass is 310 g/mol. The number of hydrogen-bond donors (Lipinski definition) is 2. The summed E-state index contributed by atoms with van der Waals surface area (Å²) in [4.78, 5) is 12.2. The standard InChI is InChI=1S/C14H19BrN2O/c1-9(10-4-3-5-12(15)8-10)17-13(18)14(2,16)11-6-7-11/h3-5,8-9,11H,6-7,16H2,1-2H3,(H,17,18)/t9-,14?/m0/s1. The zero-order valence-electron chi connectivity index (χ0n) is 10.7. The van der Waals surface area contributed by atoms with Gasteiger partial charge in [0.15, 0.2) is 0 Å². The zero-order valence-corrected chi connectivity index (χ0v) is 12.3. The van der Waals surface area contributed by atoms with Gasteiger partial charge in [0.05, 0.1) is 11.6 Å². The van der Waals surface area contributed by atoms with Crippen LogP contribution < -0.4 is 11.1 Å². The average molecular weight is 311 g/mol. The maximum atomic E-state index is 12.2. The SMILES string of the molecule is C[C@H](NC(=O)C(C)(N)C1CC1)c1cccc(Br)c1. The molecule has 1 aliphatic rings. The summed E-state index contributed by atoms with van der Waals surface area (Å²) in [5.74, 6) is 0.282. The van der Waals surface area contributed by atoms with Crippen LogP contribution in [0.5, 0.6) is 0 Å². The number of benzene rings is 1. The van der Waals surface area contributed by atoms with E-state index in [1.807, 2.05) is 38.1 Å². The van der Waals surface area contributed by atoms with Crippen LogP contribution in [-0.2, 0) is 4.79 Å². The van der Waals surface area contributed by atoms with E-state index >= 15 is 0 Å². The van der Waals surface area contributed by atoms with Gasteiger partial charge in [0.2, 0.25) is 5.91 Å². The quantitative estimate of drug-likeness (QED) is 0.898. The van der Waals surface area contributed by atoms with E-state index in [1.165, 1.54) is 0 Å². The summed E-state index contributed by atoms with van der Waals surface area (Å²) in [6.45, 7) is 3.80. The minimum atomic E-state index is -0.736. The first-order valence-corrected chi connectivity index (χ1v) is 7.06. The molecule has 0 saturated heterocycles. The molecule has 18 heavy (non-hydrogen) atoms.